The molecular formula is C21H15F2NO2. The van der Waals surface area contributed by atoms with Crippen LogP contribution in [0.5, 0.6) is 11.5 Å². The molecule has 0 spiro atoms. The number of hydrogen-bond donors (Lipinski definition) is 0. The van der Waals surface area contributed by atoms with Gasteiger partial charge >= 0.3 is 0 Å². The first-order chi connectivity index (χ1) is 12.6. The molecule has 130 valence electrons. The fourth-order valence-corrected chi connectivity index (χ4v) is 2.50. The van der Waals surface area contributed by atoms with E-state index in [0.29, 0.717) is 22.6 Å². The second-order valence-electron chi connectivity index (χ2n) is 5.61. The Labute approximate surface area is 150 Å². The quantitative estimate of drug-likeness (QED) is 0.643. The van der Waals surface area contributed by atoms with Crippen molar-refractivity contribution >= 4 is 0 Å². The van der Waals surface area contributed by atoms with Crippen LogP contribution in [0.2, 0.25) is 0 Å². The minimum absolute atomic E-state index is 0.00665. The van der Waals surface area contributed by atoms with E-state index in [4.69, 9.17) is 14.7 Å². The number of methoxy groups -OCH3 is 1. The van der Waals surface area contributed by atoms with Crippen LogP contribution in [0.4, 0.5) is 8.78 Å². The molecule has 0 fully saturated rings. The maximum absolute atomic E-state index is 14.0. The molecule has 0 amide bonds. The van der Waals surface area contributed by atoms with Gasteiger partial charge < -0.3 is 9.47 Å². The van der Waals surface area contributed by atoms with Gasteiger partial charge in [0.1, 0.15) is 29.7 Å². The summed E-state index contributed by atoms with van der Waals surface area (Å²) in [5, 5.41) is 8.79. The largest absolute Gasteiger partial charge is 0.497 e. The second kappa shape index (κ2) is 7.66. The van der Waals surface area contributed by atoms with Crippen LogP contribution in [0.3, 0.4) is 0 Å². The van der Waals surface area contributed by atoms with Gasteiger partial charge in [-0.25, -0.2) is 8.78 Å². The first-order valence-electron chi connectivity index (χ1n) is 7.85. The van der Waals surface area contributed by atoms with E-state index in [1.165, 1.54) is 37.4 Å². The van der Waals surface area contributed by atoms with E-state index in [9.17, 15) is 8.78 Å². The van der Waals surface area contributed by atoms with Crippen molar-refractivity contribution in [3.63, 3.8) is 0 Å². The van der Waals surface area contributed by atoms with Gasteiger partial charge in [0.05, 0.1) is 18.7 Å². The lowest BCUT2D eigenvalue weighted by Gasteiger charge is -2.12. The van der Waals surface area contributed by atoms with E-state index in [-0.39, 0.29) is 18.0 Å². The molecule has 0 N–H and O–H groups in total. The molecule has 0 unspecified atom stereocenters. The SMILES string of the molecule is COc1cc(OCc2ccc(C#N)cc2F)cc(-c2cccc(F)c2)c1. The van der Waals surface area contributed by atoms with E-state index in [2.05, 4.69) is 0 Å². The van der Waals surface area contributed by atoms with Gasteiger partial charge in [-0.3, -0.25) is 0 Å². The van der Waals surface area contributed by atoms with Crippen LogP contribution in [0, 0.1) is 23.0 Å². The van der Waals surface area contributed by atoms with Crippen molar-refractivity contribution in [1.29, 1.82) is 5.26 Å². The van der Waals surface area contributed by atoms with Crippen molar-refractivity contribution in [2.24, 2.45) is 0 Å². The molecule has 0 bridgehead atoms. The molecule has 3 aromatic carbocycles. The van der Waals surface area contributed by atoms with Crippen LogP contribution in [0.15, 0.2) is 60.7 Å². The third kappa shape index (κ3) is 3.98. The van der Waals surface area contributed by atoms with Gasteiger partial charge in [-0.2, -0.15) is 5.26 Å². The molecule has 0 aliphatic rings. The Bertz CT molecular complexity index is 980. The Morgan fingerprint density at radius 3 is 2.42 bits per heavy atom. The summed E-state index contributed by atoms with van der Waals surface area (Å²) in [6.45, 7) is -0.00665. The zero-order valence-electron chi connectivity index (χ0n) is 14.0. The zero-order chi connectivity index (χ0) is 18.5. The highest BCUT2D eigenvalue weighted by molar-refractivity contribution is 5.67. The number of halogens is 2. The van der Waals surface area contributed by atoms with E-state index in [1.54, 1.807) is 30.3 Å². The zero-order valence-corrected chi connectivity index (χ0v) is 14.0. The number of nitriles is 1. The molecular weight excluding hydrogens is 336 g/mol. The van der Waals surface area contributed by atoms with Crippen LogP contribution < -0.4 is 9.47 Å². The fraction of sp³-hybridized carbons (Fsp3) is 0.0952. The summed E-state index contributed by atoms with van der Waals surface area (Å²) in [6.07, 6.45) is 0. The molecule has 0 aromatic heterocycles. The van der Waals surface area contributed by atoms with Crippen LogP contribution in [0.1, 0.15) is 11.1 Å². The third-order valence-electron chi connectivity index (χ3n) is 3.85. The molecule has 0 radical (unpaired) electrons. The lowest BCUT2D eigenvalue weighted by atomic mass is 10.0. The first-order valence-corrected chi connectivity index (χ1v) is 7.85. The highest BCUT2D eigenvalue weighted by Gasteiger charge is 2.08. The van der Waals surface area contributed by atoms with Gasteiger partial charge in [-0.1, -0.05) is 18.2 Å². The molecule has 0 heterocycles. The van der Waals surface area contributed by atoms with E-state index < -0.39 is 5.82 Å². The Morgan fingerprint density at radius 2 is 1.73 bits per heavy atom. The fourth-order valence-electron chi connectivity index (χ4n) is 2.50. The van der Waals surface area contributed by atoms with E-state index in [0.717, 1.165) is 5.56 Å². The smallest absolute Gasteiger partial charge is 0.131 e. The average Bonchev–Trinajstić information content (AvgIpc) is 2.66. The number of nitrogens with zero attached hydrogens (tertiary/aromatic N) is 1. The van der Waals surface area contributed by atoms with Gasteiger partial charge in [-0.05, 0) is 47.5 Å². The van der Waals surface area contributed by atoms with E-state index in [1.807, 2.05) is 6.07 Å². The summed E-state index contributed by atoms with van der Waals surface area (Å²) in [5.41, 5.74) is 1.98. The van der Waals surface area contributed by atoms with Crippen molar-refractivity contribution in [2.75, 3.05) is 7.11 Å². The summed E-state index contributed by atoms with van der Waals surface area (Å²) in [5.74, 6) is 0.166. The Hall–Kier alpha value is -3.39. The molecule has 0 saturated heterocycles. The maximum Gasteiger partial charge on any atom is 0.131 e. The molecule has 5 heteroatoms. The minimum atomic E-state index is -0.502. The van der Waals surface area contributed by atoms with Crippen molar-refractivity contribution in [2.45, 2.75) is 6.61 Å². The molecule has 3 aromatic rings. The number of rotatable bonds is 5. The number of hydrogen-bond acceptors (Lipinski definition) is 3. The summed E-state index contributed by atoms with van der Waals surface area (Å²) >= 11 is 0. The second-order valence-corrected chi connectivity index (χ2v) is 5.61. The summed E-state index contributed by atoms with van der Waals surface area (Å²) in [4.78, 5) is 0. The predicted molar refractivity (Wildman–Crippen MR) is 93.8 cm³/mol. The Kier molecular flexibility index (Phi) is 5.14. The van der Waals surface area contributed by atoms with Crippen LogP contribution in [-0.2, 0) is 6.61 Å². The lowest BCUT2D eigenvalue weighted by molar-refractivity contribution is 0.297. The molecule has 0 aliphatic carbocycles. The number of benzene rings is 3. The third-order valence-corrected chi connectivity index (χ3v) is 3.85. The highest BCUT2D eigenvalue weighted by Crippen LogP contribution is 2.30. The topological polar surface area (TPSA) is 42.2 Å². The Morgan fingerprint density at radius 1 is 0.923 bits per heavy atom. The van der Waals surface area contributed by atoms with Crippen molar-refractivity contribution in [3.8, 4) is 28.7 Å². The standard InChI is InChI=1S/C21H15F2NO2/c1-25-19-9-17(15-3-2-4-18(22)8-15)10-20(11-19)26-13-16-6-5-14(12-24)7-21(16)23/h2-11H,13H2,1H3. The maximum atomic E-state index is 14.0. The molecule has 3 rings (SSSR count). The van der Waals surface area contributed by atoms with Crippen LogP contribution in [0.25, 0.3) is 11.1 Å². The van der Waals surface area contributed by atoms with Gasteiger partial charge in [0.25, 0.3) is 0 Å². The Balaban J connectivity index is 1.86. The van der Waals surface area contributed by atoms with Gasteiger partial charge in [-0.15, -0.1) is 0 Å². The van der Waals surface area contributed by atoms with Gasteiger partial charge in [0.2, 0.25) is 0 Å². The van der Waals surface area contributed by atoms with Crippen molar-refractivity contribution in [3.05, 3.63) is 83.4 Å². The van der Waals surface area contributed by atoms with Crippen molar-refractivity contribution < 1.29 is 18.3 Å². The predicted octanol–water partition coefficient (Wildman–Crippen LogP) is 5.09. The minimum Gasteiger partial charge on any atom is -0.497 e. The van der Waals surface area contributed by atoms with E-state index >= 15 is 0 Å². The number of ether oxygens (including phenoxy) is 2. The lowest BCUT2D eigenvalue weighted by Crippen LogP contribution is -1.99. The molecule has 3 nitrogen and oxygen atoms in total. The summed E-state index contributed by atoms with van der Waals surface area (Å²) in [6, 6.07) is 17.5. The molecule has 26 heavy (non-hydrogen) atoms. The molecule has 0 atom stereocenters. The van der Waals surface area contributed by atoms with Crippen LogP contribution in [-0.4, -0.2) is 7.11 Å². The van der Waals surface area contributed by atoms with Gasteiger partial charge in [0.15, 0.2) is 0 Å². The summed E-state index contributed by atoms with van der Waals surface area (Å²) < 4.78 is 38.4. The van der Waals surface area contributed by atoms with Gasteiger partial charge in [0, 0.05) is 11.6 Å². The van der Waals surface area contributed by atoms with Crippen LogP contribution >= 0.6 is 0 Å². The molecule has 0 saturated carbocycles. The van der Waals surface area contributed by atoms with Crippen molar-refractivity contribution in [1.82, 2.24) is 0 Å². The highest BCUT2D eigenvalue weighted by atomic mass is 19.1. The monoisotopic (exact) mass is 351 g/mol. The average molecular weight is 351 g/mol. The summed E-state index contributed by atoms with van der Waals surface area (Å²) in [7, 11) is 1.52. The molecule has 0 aliphatic heterocycles. The first kappa shape index (κ1) is 17.4. The normalized spacial score (nSPS) is 10.2.